The van der Waals surface area contributed by atoms with Gasteiger partial charge in [-0.15, -0.1) is 0 Å². The Kier molecular flexibility index (Phi) is 11.1. The van der Waals surface area contributed by atoms with E-state index in [2.05, 4.69) is 5.32 Å². The molecule has 24 heavy (non-hydrogen) atoms. The molecule has 0 aromatic carbocycles. The fourth-order valence-electron chi connectivity index (χ4n) is 3.17. The largest absolute Gasteiger partial charge is 0.396 e. The van der Waals surface area contributed by atoms with Gasteiger partial charge >= 0.3 is 0 Å². The van der Waals surface area contributed by atoms with Crippen LogP contribution in [0.15, 0.2) is 0 Å². The van der Waals surface area contributed by atoms with Crippen LogP contribution in [0.3, 0.4) is 0 Å². The summed E-state index contributed by atoms with van der Waals surface area (Å²) in [5.74, 6) is 0.0565. The van der Waals surface area contributed by atoms with Gasteiger partial charge in [0.15, 0.2) is 5.78 Å². The molecule has 0 spiro atoms. The molecule has 140 valence electrons. The monoisotopic (exact) mass is 343 g/mol. The molecule has 0 amide bonds. The van der Waals surface area contributed by atoms with E-state index in [1.54, 1.807) is 0 Å². The normalized spacial score (nSPS) is 23.8. The highest BCUT2D eigenvalue weighted by Crippen LogP contribution is 2.16. The highest BCUT2D eigenvalue weighted by molar-refractivity contribution is 5.91. The number of unbranched alkanes of at least 4 members (excludes halogenated alkanes) is 6. The van der Waals surface area contributed by atoms with E-state index in [1.807, 2.05) is 0 Å². The van der Waals surface area contributed by atoms with Crippen molar-refractivity contribution in [3.05, 3.63) is 0 Å². The second kappa shape index (κ2) is 12.5. The fraction of sp³-hybridized carbons (Fsp3) is 0.889. The molecule has 0 aromatic rings. The summed E-state index contributed by atoms with van der Waals surface area (Å²) in [6, 6.07) is -0.829. The van der Waals surface area contributed by atoms with Crippen molar-refractivity contribution in [3.63, 3.8) is 0 Å². The van der Waals surface area contributed by atoms with E-state index >= 15 is 0 Å². The maximum Gasteiger partial charge on any atom is 0.179 e. The Hall–Kier alpha value is -0.820. The average molecular weight is 343 g/mol. The third-order valence-electron chi connectivity index (χ3n) is 4.69. The van der Waals surface area contributed by atoms with Crippen LogP contribution in [0, 0.1) is 0 Å². The van der Waals surface area contributed by atoms with Gasteiger partial charge in [0.2, 0.25) is 0 Å². The number of aliphatic hydroxyl groups is 3. The second-order valence-corrected chi connectivity index (χ2v) is 6.73. The van der Waals surface area contributed by atoms with Crippen molar-refractivity contribution in [2.24, 2.45) is 0 Å². The third kappa shape index (κ3) is 7.83. The van der Waals surface area contributed by atoms with Crippen molar-refractivity contribution in [2.75, 3.05) is 13.2 Å². The first-order valence-corrected chi connectivity index (χ1v) is 9.31. The maximum absolute atomic E-state index is 11.8. The summed E-state index contributed by atoms with van der Waals surface area (Å²) in [4.78, 5) is 23.2. The van der Waals surface area contributed by atoms with Gasteiger partial charge in [0.1, 0.15) is 11.9 Å². The van der Waals surface area contributed by atoms with E-state index in [4.69, 9.17) is 10.2 Å². The molecule has 0 saturated carbocycles. The Balaban J connectivity index is 1.92. The first kappa shape index (κ1) is 21.2. The zero-order valence-corrected chi connectivity index (χ0v) is 14.6. The summed E-state index contributed by atoms with van der Waals surface area (Å²) in [6.07, 6.45) is 8.72. The van der Waals surface area contributed by atoms with Gasteiger partial charge in [0.05, 0.1) is 18.7 Å². The van der Waals surface area contributed by atoms with E-state index in [0.29, 0.717) is 25.7 Å². The lowest BCUT2D eigenvalue weighted by atomic mass is 10.0. The first-order chi connectivity index (χ1) is 11.6. The molecule has 1 aliphatic rings. The smallest absolute Gasteiger partial charge is 0.179 e. The number of aliphatic hydroxyl groups excluding tert-OH is 3. The molecule has 6 nitrogen and oxygen atoms in total. The molecule has 1 saturated heterocycles. The van der Waals surface area contributed by atoms with Gasteiger partial charge in [-0.25, -0.2) is 0 Å². The third-order valence-corrected chi connectivity index (χ3v) is 4.69. The average Bonchev–Trinajstić information content (AvgIpc) is 2.86. The topological polar surface area (TPSA) is 107 Å². The van der Waals surface area contributed by atoms with Gasteiger partial charge in [0, 0.05) is 19.4 Å². The first-order valence-electron chi connectivity index (χ1n) is 9.31. The highest BCUT2D eigenvalue weighted by Gasteiger charge is 2.39. The van der Waals surface area contributed by atoms with Gasteiger partial charge < -0.3 is 15.3 Å². The van der Waals surface area contributed by atoms with E-state index in [1.165, 1.54) is 0 Å². The standard InChI is InChI=1S/C18H33NO5/c20-12-8-10-14(22)9-6-4-2-1-3-5-7-11-15-17(23)18(24)16(13-21)19-15/h15-16,18-21,24H,1-13H2/t15?,16-,18-/m0/s1. The van der Waals surface area contributed by atoms with Gasteiger partial charge in [-0.05, 0) is 19.3 Å². The molecule has 1 heterocycles. The molecule has 0 bridgehead atoms. The van der Waals surface area contributed by atoms with Crippen LogP contribution in [0.25, 0.3) is 0 Å². The minimum Gasteiger partial charge on any atom is -0.396 e. The zero-order chi connectivity index (χ0) is 17.8. The number of Topliss-reactive ketones (excluding diaryl/α,β-unsaturated/α-hetero) is 2. The number of carbonyl (C=O) groups excluding carboxylic acids is 2. The van der Waals surface area contributed by atoms with Crippen molar-refractivity contribution >= 4 is 11.6 Å². The molecule has 4 N–H and O–H groups in total. The van der Waals surface area contributed by atoms with Gasteiger partial charge in [0.25, 0.3) is 0 Å². The minimum absolute atomic E-state index is 0.0906. The van der Waals surface area contributed by atoms with Crippen molar-refractivity contribution in [1.82, 2.24) is 5.32 Å². The van der Waals surface area contributed by atoms with Crippen LogP contribution < -0.4 is 5.32 Å². The number of hydrogen-bond donors (Lipinski definition) is 4. The van der Waals surface area contributed by atoms with Crippen LogP contribution in [-0.2, 0) is 9.59 Å². The predicted molar refractivity (Wildman–Crippen MR) is 91.7 cm³/mol. The van der Waals surface area contributed by atoms with Gasteiger partial charge in [-0.3, -0.25) is 14.9 Å². The predicted octanol–water partition coefficient (Wildman–Crippen LogP) is 1.10. The van der Waals surface area contributed by atoms with Crippen LogP contribution in [0.1, 0.15) is 70.6 Å². The van der Waals surface area contributed by atoms with Crippen LogP contribution in [0.2, 0.25) is 0 Å². The molecule has 6 heteroatoms. The number of ketones is 2. The van der Waals surface area contributed by atoms with Crippen molar-refractivity contribution in [2.45, 2.75) is 88.8 Å². The van der Waals surface area contributed by atoms with Crippen LogP contribution >= 0.6 is 0 Å². The summed E-state index contributed by atoms with van der Waals surface area (Å²) in [5.41, 5.74) is 0. The molecule has 3 atom stereocenters. The van der Waals surface area contributed by atoms with Crippen LogP contribution in [0.4, 0.5) is 0 Å². The number of nitrogens with one attached hydrogen (secondary N) is 1. The summed E-state index contributed by atoms with van der Waals surface area (Å²) in [7, 11) is 0. The zero-order valence-electron chi connectivity index (χ0n) is 14.6. The van der Waals surface area contributed by atoms with E-state index in [-0.39, 0.29) is 30.8 Å². The molecule has 1 rings (SSSR count). The quantitative estimate of drug-likeness (QED) is 0.352. The van der Waals surface area contributed by atoms with Crippen LogP contribution in [-0.4, -0.2) is 58.3 Å². The van der Waals surface area contributed by atoms with Crippen molar-refractivity contribution in [3.8, 4) is 0 Å². The molecule has 1 fully saturated rings. The van der Waals surface area contributed by atoms with Crippen molar-refractivity contribution in [1.29, 1.82) is 0 Å². The molecule has 0 radical (unpaired) electrons. The summed E-state index contributed by atoms with van der Waals surface area (Å²) in [5, 5.41) is 30.3. The van der Waals surface area contributed by atoms with E-state index in [0.717, 1.165) is 44.9 Å². The molecule has 1 aliphatic heterocycles. The second-order valence-electron chi connectivity index (χ2n) is 6.73. The maximum atomic E-state index is 11.8. The molecule has 0 aromatic heterocycles. The Bertz CT molecular complexity index is 374. The summed E-state index contributed by atoms with van der Waals surface area (Å²) < 4.78 is 0. The molecule has 0 aliphatic carbocycles. The highest BCUT2D eigenvalue weighted by atomic mass is 16.3. The van der Waals surface area contributed by atoms with E-state index < -0.39 is 12.1 Å². The number of rotatable bonds is 14. The lowest BCUT2D eigenvalue weighted by molar-refractivity contribution is -0.126. The number of hydrogen-bond acceptors (Lipinski definition) is 6. The van der Waals surface area contributed by atoms with Gasteiger partial charge in [-0.2, -0.15) is 0 Å². The molecular weight excluding hydrogens is 310 g/mol. The molecule has 1 unspecified atom stereocenters. The lowest BCUT2D eigenvalue weighted by Crippen LogP contribution is -2.36. The minimum atomic E-state index is -1.07. The Morgan fingerprint density at radius 2 is 1.50 bits per heavy atom. The Morgan fingerprint density at radius 1 is 0.917 bits per heavy atom. The summed E-state index contributed by atoms with van der Waals surface area (Å²) >= 11 is 0. The molecular formula is C18H33NO5. The summed E-state index contributed by atoms with van der Waals surface area (Å²) in [6.45, 7) is -0.126. The SMILES string of the molecule is O=C(CCCO)CCCCCCCCCC1N[C@@H](CO)[C@H](O)C1=O. The Labute approximate surface area is 144 Å². The van der Waals surface area contributed by atoms with Crippen LogP contribution in [0.5, 0.6) is 0 Å². The fourth-order valence-corrected chi connectivity index (χ4v) is 3.17. The van der Waals surface area contributed by atoms with E-state index in [9.17, 15) is 14.7 Å². The number of carbonyl (C=O) groups is 2. The lowest BCUT2D eigenvalue weighted by Gasteiger charge is -2.10. The van der Waals surface area contributed by atoms with Gasteiger partial charge in [-0.1, -0.05) is 38.5 Å². The Morgan fingerprint density at radius 3 is 2.08 bits per heavy atom. The van der Waals surface area contributed by atoms with Crippen molar-refractivity contribution < 1.29 is 24.9 Å².